The Morgan fingerprint density at radius 3 is 2.89 bits per heavy atom. The molecule has 0 bridgehead atoms. The molecule has 1 aromatic heterocycles. The van der Waals surface area contributed by atoms with Gasteiger partial charge in [-0.3, -0.25) is 0 Å². The van der Waals surface area contributed by atoms with Crippen LogP contribution in [0, 0.1) is 23.5 Å². The van der Waals surface area contributed by atoms with Gasteiger partial charge in [0.15, 0.2) is 11.6 Å². The average molecular weight is 279 g/mol. The minimum Gasteiger partial charge on any atom is -0.485 e. The second-order valence-electron chi connectivity index (χ2n) is 3.63. The van der Waals surface area contributed by atoms with Crippen LogP contribution in [0.2, 0.25) is 0 Å². The summed E-state index contributed by atoms with van der Waals surface area (Å²) in [5.41, 5.74) is 6.10. The van der Waals surface area contributed by atoms with E-state index in [1.807, 2.05) is 11.4 Å². The quantitative estimate of drug-likeness (QED) is 0.877. The van der Waals surface area contributed by atoms with E-state index in [0.29, 0.717) is 0 Å². The fraction of sp³-hybridized carbons (Fsp3) is 0.143. The Labute approximate surface area is 113 Å². The maximum Gasteiger partial charge on any atom is 0.165 e. The molecule has 19 heavy (non-hydrogen) atoms. The lowest BCUT2D eigenvalue weighted by atomic mass is 10.2. The summed E-state index contributed by atoms with van der Waals surface area (Å²) in [6.45, 7) is 0.418. The van der Waals surface area contributed by atoms with Crippen molar-refractivity contribution in [2.75, 3.05) is 6.54 Å². The summed E-state index contributed by atoms with van der Waals surface area (Å²) in [5, 5.41) is 1.86. The normalized spacial score (nSPS) is 9.84. The van der Waals surface area contributed by atoms with Gasteiger partial charge < -0.3 is 10.5 Å². The Kier molecular flexibility index (Phi) is 4.50. The van der Waals surface area contributed by atoms with Crippen molar-refractivity contribution in [3.63, 3.8) is 0 Å². The highest BCUT2D eigenvalue weighted by Crippen LogP contribution is 2.22. The average Bonchev–Trinajstić information content (AvgIpc) is 2.85. The molecule has 5 heteroatoms. The minimum absolute atomic E-state index is 0.105. The molecule has 0 atom stereocenters. The van der Waals surface area contributed by atoms with Crippen molar-refractivity contribution < 1.29 is 13.5 Å². The topological polar surface area (TPSA) is 35.2 Å². The van der Waals surface area contributed by atoms with Gasteiger partial charge in [0.05, 0.1) is 11.4 Å². The first-order valence-corrected chi connectivity index (χ1v) is 6.42. The third-order valence-corrected chi connectivity index (χ3v) is 3.22. The molecule has 0 amide bonds. The molecule has 0 unspecified atom stereocenters. The second-order valence-corrected chi connectivity index (χ2v) is 4.63. The zero-order valence-electron chi connectivity index (χ0n) is 9.95. The lowest BCUT2D eigenvalue weighted by Gasteiger charge is -2.06. The number of rotatable bonds is 3. The summed E-state index contributed by atoms with van der Waals surface area (Å²) < 4.78 is 31.6. The summed E-state index contributed by atoms with van der Waals surface area (Å²) in [4.78, 5) is 0.851. The van der Waals surface area contributed by atoms with Gasteiger partial charge in [0, 0.05) is 11.6 Å². The number of benzene rings is 1. The lowest BCUT2D eigenvalue weighted by Crippen LogP contribution is -1.98. The molecule has 0 fully saturated rings. The summed E-state index contributed by atoms with van der Waals surface area (Å²) in [6, 6.07) is 4.95. The van der Waals surface area contributed by atoms with Crippen LogP contribution < -0.4 is 10.5 Å². The van der Waals surface area contributed by atoms with Gasteiger partial charge in [-0.25, -0.2) is 8.78 Å². The van der Waals surface area contributed by atoms with Crippen LogP contribution in [0.4, 0.5) is 8.78 Å². The molecule has 0 aliphatic rings. The van der Waals surface area contributed by atoms with Crippen molar-refractivity contribution in [2.24, 2.45) is 5.73 Å². The molecule has 2 rings (SSSR count). The van der Waals surface area contributed by atoms with Crippen molar-refractivity contribution in [3.8, 4) is 17.6 Å². The Morgan fingerprint density at radius 1 is 1.26 bits per heavy atom. The molecule has 2 nitrogen and oxygen atoms in total. The van der Waals surface area contributed by atoms with Gasteiger partial charge in [-0.15, -0.1) is 11.3 Å². The molecule has 0 saturated heterocycles. The van der Waals surface area contributed by atoms with Crippen LogP contribution in [0.3, 0.4) is 0 Å². The first kappa shape index (κ1) is 13.5. The Morgan fingerprint density at radius 2 is 2.11 bits per heavy atom. The molecule has 0 aliphatic carbocycles. The molecule has 2 aromatic rings. The fourth-order valence-corrected chi connectivity index (χ4v) is 2.18. The standard InChI is InChI=1S/C14H11F2NOS/c15-11-3-4-12(16)13(8-11)18-9-14-10(2-1-6-17)5-7-19-14/h3-5,7-8H,6,9,17H2. The van der Waals surface area contributed by atoms with E-state index in [0.717, 1.165) is 28.6 Å². The number of halogens is 2. The predicted octanol–water partition coefficient (Wildman–Crippen LogP) is 2.92. The number of thiophene rings is 1. The highest BCUT2D eigenvalue weighted by atomic mass is 32.1. The summed E-state index contributed by atoms with van der Waals surface area (Å²) in [6.07, 6.45) is 0. The SMILES string of the molecule is NCC#Cc1ccsc1COc1cc(F)ccc1F. The Bertz CT molecular complexity index is 628. The van der Waals surface area contributed by atoms with E-state index in [4.69, 9.17) is 10.5 Å². The van der Waals surface area contributed by atoms with Gasteiger partial charge in [-0.05, 0) is 23.6 Å². The van der Waals surface area contributed by atoms with Gasteiger partial charge in [0.1, 0.15) is 12.4 Å². The van der Waals surface area contributed by atoms with Crippen molar-refractivity contribution in [2.45, 2.75) is 6.61 Å². The third kappa shape index (κ3) is 3.53. The molecule has 0 aliphatic heterocycles. The second kappa shape index (κ2) is 6.32. The molecular formula is C14H11F2NOS. The van der Waals surface area contributed by atoms with E-state index >= 15 is 0 Å². The van der Waals surface area contributed by atoms with Crippen LogP contribution in [0.1, 0.15) is 10.4 Å². The van der Waals surface area contributed by atoms with Crippen molar-refractivity contribution >= 4 is 11.3 Å². The van der Waals surface area contributed by atoms with E-state index in [1.54, 1.807) is 0 Å². The maximum absolute atomic E-state index is 13.4. The van der Waals surface area contributed by atoms with Crippen LogP contribution in [0.25, 0.3) is 0 Å². The number of nitrogens with two attached hydrogens (primary N) is 1. The highest BCUT2D eigenvalue weighted by molar-refractivity contribution is 7.10. The van der Waals surface area contributed by atoms with Gasteiger partial charge in [0.2, 0.25) is 0 Å². The van der Waals surface area contributed by atoms with E-state index in [1.165, 1.54) is 11.3 Å². The smallest absolute Gasteiger partial charge is 0.165 e. The van der Waals surface area contributed by atoms with E-state index in [-0.39, 0.29) is 18.9 Å². The fourth-order valence-electron chi connectivity index (χ4n) is 1.44. The lowest BCUT2D eigenvalue weighted by molar-refractivity contribution is 0.291. The Balaban J connectivity index is 2.10. The molecule has 2 N–H and O–H groups in total. The molecule has 1 heterocycles. The number of hydrogen-bond acceptors (Lipinski definition) is 3. The third-order valence-electron chi connectivity index (χ3n) is 2.32. The van der Waals surface area contributed by atoms with Gasteiger partial charge >= 0.3 is 0 Å². The van der Waals surface area contributed by atoms with Crippen molar-refractivity contribution in [1.29, 1.82) is 0 Å². The van der Waals surface area contributed by atoms with Gasteiger partial charge in [-0.1, -0.05) is 11.8 Å². The summed E-state index contributed by atoms with van der Waals surface area (Å²) >= 11 is 1.44. The molecule has 0 radical (unpaired) electrons. The molecule has 98 valence electrons. The van der Waals surface area contributed by atoms with Gasteiger partial charge in [-0.2, -0.15) is 0 Å². The van der Waals surface area contributed by atoms with E-state index < -0.39 is 11.6 Å². The molecule has 0 spiro atoms. The van der Waals surface area contributed by atoms with Crippen LogP contribution in [-0.2, 0) is 6.61 Å². The predicted molar refractivity (Wildman–Crippen MR) is 70.9 cm³/mol. The van der Waals surface area contributed by atoms with Crippen LogP contribution in [0.5, 0.6) is 5.75 Å². The van der Waals surface area contributed by atoms with Gasteiger partial charge in [0.25, 0.3) is 0 Å². The maximum atomic E-state index is 13.4. The van der Waals surface area contributed by atoms with E-state index in [9.17, 15) is 8.78 Å². The monoisotopic (exact) mass is 279 g/mol. The number of ether oxygens (including phenoxy) is 1. The van der Waals surface area contributed by atoms with Crippen molar-refractivity contribution in [3.05, 3.63) is 51.7 Å². The molecular weight excluding hydrogens is 268 g/mol. The van der Waals surface area contributed by atoms with E-state index in [2.05, 4.69) is 11.8 Å². The zero-order chi connectivity index (χ0) is 13.7. The highest BCUT2D eigenvalue weighted by Gasteiger charge is 2.07. The van der Waals surface area contributed by atoms with Crippen LogP contribution >= 0.6 is 11.3 Å². The molecule has 0 saturated carbocycles. The zero-order valence-corrected chi connectivity index (χ0v) is 10.8. The number of hydrogen-bond donors (Lipinski definition) is 1. The molecule has 1 aromatic carbocycles. The van der Waals surface area contributed by atoms with Crippen molar-refractivity contribution in [1.82, 2.24) is 0 Å². The van der Waals surface area contributed by atoms with Crippen LogP contribution in [-0.4, -0.2) is 6.54 Å². The summed E-state index contributed by atoms with van der Waals surface area (Å²) in [7, 11) is 0. The minimum atomic E-state index is -0.590. The first-order valence-electron chi connectivity index (χ1n) is 5.54. The largest absolute Gasteiger partial charge is 0.485 e. The van der Waals surface area contributed by atoms with Crippen LogP contribution in [0.15, 0.2) is 29.6 Å². The first-order chi connectivity index (χ1) is 9.20. The summed E-state index contributed by atoms with van der Waals surface area (Å²) in [5.74, 6) is 4.42. The Hall–Kier alpha value is -1.90.